The third-order valence-corrected chi connectivity index (χ3v) is 4.23. The third kappa shape index (κ3) is 4.85. The number of hydrogen-bond donors (Lipinski definition) is 1. The zero-order chi connectivity index (χ0) is 19.8. The monoisotopic (exact) mass is 376 g/mol. The molecule has 0 saturated heterocycles. The van der Waals surface area contributed by atoms with Gasteiger partial charge in [-0.3, -0.25) is 4.79 Å². The Labute approximate surface area is 165 Å². The molecule has 0 bridgehead atoms. The zero-order valence-electron chi connectivity index (χ0n) is 16.1. The molecule has 144 valence electrons. The molecule has 0 aliphatic carbocycles. The second-order valence-electron chi connectivity index (χ2n) is 6.14. The van der Waals surface area contributed by atoms with E-state index in [4.69, 9.17) is 4.74 Å². The molecule has 0 atom stereocenters. The minimum atomic E-state index is -0.322. The normalized spacial score (nSPS) is 10.4. The van der Waals surface area contributed by atoms with Gasteiger partial charge >= 0.3 is 0 Å². The molecule has 3 aromatic rings. The molecule has 3 rings (SSSR count). The largest absolute Gasteiger partial charge is 0.492 e. The predicted octanol–water partition coefficient (Wildman–Crippen LogP) is 4.15. The maximum absolute atomic E-state index is 12.5. The first kappa shape index (κ1) is 19.4. The fourth-order valence-corrected chi connectivity index (χ4v) is 2.80. The Balaban J connectivity index is 1.70. The van der Waals surface area contributed by atoms with Crippen LogP contribution in [0.2, 0.25) is 0 Å². The van der Waals surface area contributed by atoms with Crippen molar-refractivity contribution in [2.24, 2.45) is 0 Å². The number of para-hydroxylation sites is 2. The van der Waals surface area contributed by atoms with E-state index >= 15 is 0 Å². The summed E-state index contributed by atoms with van der Waals surface area (Å²) in [5.41, 5.74) is 2.06. The fraction of sp³-hybridized carbons (Fsp3) is 0.227. The number of anilines is 2. The molecule has 0 radical (unpaired) electrons. The number of carbonyl (C=O) groups is 1. The van der Waals surface area contributed by atoms with Crippen molar-refractivity contribution < 1.29 is 9.53 Å². The Bertz CT molecular complexity index is 898. The van der Waals surface area contributed by atoms with Crippen LogP contribution in [0.15, 0.2) is 67.0 Å². The van der Waals surface area contributed by atoms with E-state index < -0.39 is 0 Å². The molecule has 6 heteroatoms. The molecule has 2 aromatic carbocycles. The Kier molecular flexibility index (Phi) is 6.57. The van der Waals surface area contributed by atoms with Gasteiger partial charge in [0.25, 0.3) is 5.91 Å². The average molecular weight is 376 g/mol. The topological polar surface area (TPSA) is 67.3 Å². The molecule has 0 unspecified atom stereocenters. The van der Waals surface area contributed by atoms with E-state index in [1.54, 1.807) is 12.3 Å². The van der Waals surface area contributed by atoms with E-state index in [-0.39, 0.29) is 11.6 Å². The van der Waals surface area contributed by atoms with Crippen LogP contribution in [0.1, 0.15) is 29.9 Å². The second-order valence-corrected chi connectivity index (χ2v) is 6.14. The highest BCUT2D eigenvalue weighted by atomic mass is 16.5. The van der Waals surface area contributed by atoms with E-state index in [9.17, 15) is 4.79 Å². The Morgan fingerprint density at radius 2 is 1.75 bits per heavy atom. The summed E-state index contributed by atoms with van der Waals surface area (Å²) in [7, 11) is 0. The van der Waals surface area contributed by atoms with Crippen LogP contribution in [0.5, 0.6) is 5.75 Å². The first-order valence-corrected chi connectivity index (χ1v) is 9.35. The molecule has 0 saturated carbocycles. The van der Waals surface area contributed by atoms with Crippen molar-refractivity contribution in [1.82, 2.24) is 9.97 Å². The number of amides is 1. The fourth-order valence-electron chi connectivity index (χ4n) is 2.80. The summed E-state index contributed by atoms with van der Waals surface area (Å²) in [6, 6.07) is 17.5. The molecule has 1 N–H and O–H groups in total. The number of carbonyl (C=O) groups excluding carboxylic acids is 1. The van der Waals surface area contributed by atoms with Gasteiger partial charge in [-0.15, -0.1) is 0 Å². The van der Waals surface area contributed by atoms with Gasteiger partial charge in [0.1, 0.15) is 17.3 Å². The van der Waals surface area contributed by atoms with Crippen LogP contribution in [0.25, 0.3) is 0 Å². The lowest BCUT2D eigenvalue weighted by Crippen LogP contribution is -2.24. The number of nitrogens with one attached hydrogen (secondary N) is 1. The molecule has 0 aliphatic rings. The maximum atomic E-state index is 12.5. The molecule has 28 heavy (non-hydrogen) atoms. The van der Waals surface area contributed by atoms with Gasteiger partial charge < -0.3 is 15.0 Å². The van der Waals surface area contributed by atoms with E-state index in [1.807, 2.05) is 43.3 Å². The summed E-state index contributed by atoms with van der Waals surface area (Å²) >= 11 is 0. The molecule has 1 aromatic heterocycles. The molecule has 0 spiro atoms. The van der Waals surface area contributed by atoms with Gasteiger partial charge in [0.05, 0.1) is 24.7 Å². The number of ether oxygens (including phenoxy) is 1. The van der Waals surface area contributed by atoms with Crippen molar-refractivity contribution >= 4 is 17.4 Å². The number of rotatable bonds is 8. The van der Waals surface area contributed by atoms with Crippen LogP contribution in [0.3, 0.4) is 0 Å². The summed E-state index contributed by atoms with van der Waals surface area (Å²) in [5.74, 6) is 1.04. The summed E-state index contributed by atoms with van der Waals surface area (Å²) < 4.78 is 5.54. The van der Waals surface area contributed by atoms with Crippen LogP contribution in [0.4, 0.5) is 11.5 Å². The lowest BCUT2D eigenvalue weighted by Gasteiger charge is -2.21. The van der Waals surface area contributed by atoms with Crippen molar-refractivity contribution in [3.05, 3.63) is 78.2 Å². The van der Waals surface area contributed by atoms with Gasteiger partial charge in [-0.25, -0.2) is 9.97 Å². The molecule has 0 fully saturated rings. The van der Waals surface area contributed by atoms with Crippen molar-refractivity contribution in [3.8, 4) is 5.75 Å². The smallest absolute Gasteiger partial charge is 0.275 e. The molecule has 1 heterocycles. The quantitative estimate of drug-likeness (QED) is 0.640. The summed E-state index contributed by atoms with van der Waals surface area (Å²) in [6.45, 7) is 6.01. The van der Waals surface area contributed by atoms with Gasteiger partial charge in [-0.1, -0.05) is 42.5 Å². The maximum Gasteiger partial charge on any atom is 0.275 e. The van der Waals surface area contributed by atoms with E-state index in [1.165, 1.54) is 11.8 Å². The molecule has 6 nitrogen and oxygen atoms in total. The second kappa shape index (κ2) is 9.50. The Morgan fingerprint density at radius 1 is 1.00 bits per heavy atom. The lowest BCUT2D eigenvalue weighted by atomic mass is 10.2. The van der Waals surface area contributed by atoms with E-state index in [2.05, 4.69) is 39.2 Å². The van der Waals surface area contributed by atoms with Crippen molar-refractivity contribution in [2.75, 3.05) is 23.4 Å². The van der Waals surface area contributed by atoms with Crippen molar-refractivity contribution in [1.29, 1.82) is 0 Å². The van der Waals surface area contributed by atoms with Gasteiger partial charge in [-0.2, -0.15) is 0 Å². The van der Waals surface area contributed by atoms with Gasteiger partial charge in [0, 0.05) is 13.1 Å². The average Bonchev–Trinajstić information content (AvgIpc) is 2.74. The lowest BCUT2D eigenvalue weighted by molar-refractivity contribution is 0.102. The van der Waals surface area contributed by atoms with Crippen LogP contribution in [0, 0.1) is 0 Å². The van der Waals surface area contributed by atoms with Crippen molar-refractivity contribution in [3.63, 3.8) is 0 Å². The molecule has 1 amide bonds. The van der Waals surface area contributed by atoms with Gasteiger partial charge in [-0.05, 0) is 31.5 Å². The number of benzene rings is 2. The number of nitrogens with zero attached hydrogens (tertiary/aromatic N) is 3. The third-order valence-electron chi connectivity index (χ3n) is 4.23. The highest BCUT2D eigenvalue weighted by Gasteiger charge is 2.13. The van der Waals surface area contributed by atoms with Gasteiger partial charge in [0.15, 0.2) is 0 Å². The summed E-state index contributed by atoms with van der Waals surface area (Å²) in [4.78, 5) is 23.4. The van der Waals surface area contributed by atoms with Crippen LogP contribution in [-0.2, 0) is 6.54 Å². The highest BCUT2D eigenvalue weighted by molar-refractivity contribution is 6.03. The first-order valence-electron chi connectivity index (χ1n) is 9.35. The molecule has 0 aliphatic heterocycles. The van der Waals surface area contributed by atoms with Crippen LogP contribution in [-0.4, -0.2) is 29.0 Å². The Hall–Kier alpha value is -3.41. The summed E-state index contributed by atoms with van der Waals surface area (Å²) in [5, 5.41) is 2.83. The van der Waals surface area contributed by atoms with E-state index in [0.717, 1.165) is 18.9 Å². The number of aromatic nitrogens is 2. The molecular weight excluding hydrogens is 352 g/mol. The predicted molar refractivity (Wildman–Crippen MR) is 111 cm³/mol. The van der Waals surface area contributed by atoms with Gasteiger partial charge in [0.2, 0.25) is 0 Å². The molecular formula is C22H24N4O2. The SMILES string of the molecule is CCOc1ccccc1NC(=O)c1cnc(N(CC)Cc2ccccc2)cn1. The highest BCUT2D eigenvalue weighted by Crippen LogP contribution is 2.24. The standard InChI is InChI=1S/C22H24N4O2/c1-3-26(16-17-10-6-5-7-11-17)21-15-23-19(14-24-21)22(27)25-18-12-8-9-13-20(18)28-4-2/h5-15H,3-4,16H2,1-2H3,(H,25,27). The number of hydrogen-bond acceptors (Lipinski definition) is 5. The minimum Gasteiger partial charge on any atom is -0.492 e. The first-order chi connectivity index (χ1) is 13.7. The van der Waals surface area contributed by atoms with E-state index in [0.29, 0.717) is 18.0 Å². The van der Waals surface area contributed by atoms with Crippen molar-refractivity contribution in [2.45, 2.75) is 20.4 Å². The van der Waals surface area contributed by atoms with Crippen LogP contribution >= 0.6 is 0 Å². The van der Waals surface area contributed by atoms with Crippen LogP contribution < -0.4 is 15.0 Å². The summed E-state index contributed by atoms with van der Waals surface area (Å²) in [6.07, 6.45) is 3.14. The zero-order valence-corrected chi connectivity index (χ0v) is 16.1. The Morgan fingerprint density at radius 3 is 2.43 bits per heavy atom. The minimum absolute atomic E-state index is 0.255.